The van der Waals surface area contributed by atoms with Crippen LogP contribution < -0.4 is 4.74 Å². The summed E-state index contributed by atoms with van der Waals surface area (Å²) >= 11 is 6.20. The Bertz CT molecular complexity index is 1110. The minimum Gasteiger partial charge on any atom is -0.493 e. The summed E-state index contributed by atoms with van der Waals surface area (Å²) in [6.45, 7) is 5.51. The summed E-state index contributed by atoms with van der Waals surface area (Å²) in [5.41, 5.74) is 2.89. The zero-order chi connectivity index (χ0) is 20.9. The molecule has 0 N–H and O–H groups in total. The van der Waals surface area contributed by atoms with Gasteiger partial charge >= 0.3 is 0 Å². The zero-order valence-corrected chi connectivity index (χ0v) is 17.6. The molecule has 8 nitrogen and oxygen atoms in total. The Hall–Kier alpha value is -3.26. The molecular weight excluding hydrogens is 402 g/mol. The highest BCUT2D eigenvalue weighted by Gasteiger charge is 2.12. The smallest absolute Gasteiger partial charge is 0.182 e. The van der Waals surface area contributed by atoms with Gasteiger partial charge in [0.25, 0.3) is 0 Å². The summed E-state index contributed by atoms with van der Waals surface area (Å²) in [7, 11) is 0. The van der Waals surface area contributed by atoms with Gasteiger partial charge in [-0.05, 0) is 52.2 Å². The third-order valence-electron chi connectivity index (χ3n) is 4.51. The maximum absolute atomic E-state index is 6.20. The van der Waals surface area contributed by atoms with E-state index in [-0.39, 0.29) is 0 Å². The third kappa shape index (κ3) is 4.65. The second kappa shape index (κ2) is 9.04. The molecule has 0 aliphatic carbocycles. The number of ether oxygens (including phenoxy) is 1. The molecule has 0 aliphatic rings. The average molecular weight is 424 g/mol. The highest BCUT2D eigenvalue weighted by Crippen LogP contribution is 2.23. The highest BCUT2D eigenvalue weighted by molar-refractivity contribution is 6.30. The van der Waals surface area contributed by atoms with E-state index in [9.17, 15) is 0 Å². The van der Waals surface area contributed by atoms with Crippen molar-refractivity contribution < 1.29 is 4.74 Å². The van der Waals surface area contributed by atoms with Crippen molar-refractivity contribution in [3.8, 4) is 22.8 Å². The van der Waals surface area contributed by atoms with Crippen molar-refractivity contribution in [1.29, 1.82) is 0 Å². The van der Waals surface area contributed by atoms with E-state index in [1.807, 2.05) is 47.1 Å². The summed E-state index contributed by atoms with van der Waals surface area (Å²) in [5.74, 6) is 1.94. The Morgan fingerprint density at radius 1 is 1.13 bits per heavy atom. The van der Waals surface area contributed by atoms with Crippen LogP contribution >= 0.6 is 11.6 Å². The molecule has 9 heteroatoms. The Morgan fingerprint density at radius 2 is 2.03 bits per heavy atom. The Morgan fingerprint density at radius 3 is 2.83 bits per heavy atom. The van der Waals surface area contributed by atoms with Gasteiger partial charge in [0.2, 0.25) is 0 Å². The lowest BCUT2D eigenvalue weighted by Gasteiger charge is -2.12. The van der Waals surface area contributed by atoms with Gasteiger partial charge in [0.15, 0.2) is 5.82 Å². The van der Waals surface area contributed by atoms with E-state index in [0.29, 0.717) is 24.0 Å². The number of hydrogen-bond donors (Lipinski definition) is 0. The predicted molar refractivity (Wildman–Crippen MR) is 114 cm³/mol. The van der Waals surface area contributed by atoms with Crippen LogP contribution in [0.2, 0.25) is 5.02 Å². The van der Waals surface area contributed by atoms with Crippen molar-refractivity contribution >= 4 is 11.6 Å². The summed E-state index contributed by atoms with van der Waals surface area (Å²) in [4.78, 5) is 4.02. The molecule has 0 amide bonds. The molecule has 30 heavy (non-hydrogen) atoms. The van der Waals surface area contributed by atoms with Crippen LogP contribution in [0.3, 0.4) is 0 Å². The minimum atomic E-state index is 0.448. The molecule has 4 aromatic rings. The van der Waals surface area contributed by atoms with Crippen molar-refractivity contribution in [1.82, 2.24) is 35.0 Å². The first-order valence-corrected chi connectivity index (χ1v) is 10.1. The standard InChI is InChI=1S/C21H22ClN7O/c1-15(2)12-28-21(25-26-27-28)17-4-3-5-19(11-17)30-9-8-16-10-18(22)6-7-20(16)29-14-23-13-24-29/h3-7,10-11,13-15H,8-9,12H2,1-2H3. The Kier molecular flexibility index (Phi) is 6.04. The molecule has 0 fully saturated rings. The van der Waals surface area contributed by atoms with E-state index < -0.39 is 0 Å². The lowest BCUT2D eigenvalue weighted by molar-refractivity contribution is 0.322. The number of hydrogen-bond acceptors (Lipinski definition) is 6. The zero-order valence-electron chi connectivity index (χ0n) is 16.8. The van der Waals surface area contributed by atoms with Crippen LogP contribution in [0.1, 0.15) is 19.4 Å². The molecule has 2 heterocycles. The number of nitrogens with zero attached hydrogens (tertiary/aromatic N) is 7. The number of aromatic nitrogens is 7. The fourth-order valence-corrected chi connectivity index (χ4v) is 3.39. The monoisotopic (exact) mass is 423 g/mol. The molecule has 0 saturated carbocycles. The van der Waals surface area contributed by atoms with E-state index >= 15 is 0 Å². The molecule has 0 radical (unpaired) electrons. The quantitative estimate of drug-likeness (QED) is 0.428. The van der Waals surface area contributed by atoms with E-state index in [1.165, 1.54) is 6.33 Å². The molecule has 154 valence electrons. The normalized spacial score (nSPS) is 11.2. The van der Waals surface area contributed by atoms with Gasteiger partial charge in [-0.15, -0.1) is 5.10 Å². The minimum absolute atomic E-state index is 0.448. The van der Waals surface area contributed by atoms with Crippen LogP contribution in [0.4, 0.5) is 0 Å². The highest BCUT2D eigenvalue weighted by atomic mass is 35.5. The van der Waals surface area contributed by atoms with Crippen LogP contribution in [-0.2, 0) is 13.0 Å². The van der Waals surface area contributed by atoms with E-state index in [0.717, 1.165) is 34.9 Å². The fourth-order valence-electron chi connectivity index (χ4n) is 3.19. The maximum atomic E-state index is 6.20. The molecule has 0 aliphatic heterocycles. The van der Waals surface area contributed by atoms with Crippen LogP contribution in [0.15, 0.2) is 55.1 Å². The van der Waals surface area contributed by atoms with Gasteiger partial charge in [-0.25, -0.2) is 14.3 Å². The molecule has 2 aromatic carbocycles. The maximum Gasteiger partial charge on any atom is 0.182 e. The molecule has 4 rings (SSSR count). The summed E-state index contributed by atoms with van der Waals surface area (Å²) in [6, 6.07) is 13.5. The van der Waals surface area contributed by atoms with Crippen LogP contribution in [-0.4, -0.2) is 41.6 Å². The van der Waals surface area contributed by atoms with Gasteiger partial charge in [0.1, 0.15) is 18.4 Å². The van der Waals surface area contributed by atoms with E-state index in [4.69, 9.17) is 16.3 Å². The van der Waals surface area contributed by atoms with Gasteiger partial charge in [-0.3, -0.25) is 0 Å². The van der Waals surface area contributed by atoms with Crippen LogP contribution in [0.25, 0.3) is 17.1 Å². The van der Waals surface area contributed by atoms with Gasteiger partial charge in [-0.2, -0.15) is 5.10 Å². The lowest BCUT2D eigenvalue weighted by Crippen LogP contribution is -2.08. The van der Waals surface area contributed by atoms with Crippen LogP contribution in [0.5, 0.6) is 5.75 Å². The number of halogens is 1. The first-order valence-electron chi connectivity index (χ1n) is 9.73. The van der Waals surface area contributed by atoms with Crippen molar-refractivity contribution in [2.45, 2.75) is 26.8 Å². The summed E-state index contributed by atoms with van der Waals surface area (Å²) < 4.78 is 9.56. The summed E-state index contributed by atoms with van der Waals surface area (Å²) in [6.07, 6.45) is 3.84. The SMILES string of the molecule is CC(C)Cn1nnnc1-c1cccc(OCCc2cc(Cl)ccc2-n2cncn2)c1. The van der Waals surface area contributed by atoms with Crippen molar-refractivity contribution in [3.05, 3.63) is 65.7 Å². The topological polar surface area (TPSA) is 83.5 Å². The molecule has 0 saturated heterocycles. The largest absolute Gasteiger partial charge is 0.493 e. The average Bonchev–Trinajstić information content (AvgIpc) is 3.40. The molecular formula is C21H22ClN7O. The Labute approximate surface area is 179 Å². The lowest BCUT2D eigenvalue weighted by atomic mass is 10.1. The second-order valence-electron chi connectivity index (χ2n) is 7.32. The van der Waals surface area contributed by atoms with E-state index in [2.05, 4.69) is 39.5 Å². The first kappa shape index (κ1) is 20.0. The molecule has 0 atom stereocenters. The van der Waals surface area contributed by atoms with Gasteiger partial charge in [0.05, 0.1) is 12.3 Å². The number of tetrazole rings is 1. The Balaban J connectivity index is 1.47. The van der Waals surface area contributed by atoms with Gasteiger partial charge in [-0.1, -0.05) is 37.6 Å². The molecule has 0 unspecified atom stereocenters. The molecule has 0 bridgehead atoms. The van der Waals surface area contributed by atoms with Gasteiger partial charge < -0.3 is 4.74 Å². The molecule has 2 aromatic heterocycles. The fraction of sp³-hybridized carbons (Fsp3) is 0.286. The number of benzene rings is 2. The van der Waals surface area contributed by atoms with Crippen molar-refractivity contribution in [2.24, 2.45) is 5.92 Å². The first-order chi connectivity index (χ1) is 14.6. The third-order valence-corrected chi connectivity index (χ3v) is 4.74. The van der Waals surface area contributed by atoms with E-state index in [1.54, 1.807) is 11.0 Å². The molecule has 0 spiro atoms. The summed E-state index contributed by atoms with van der Waals surface area (Å²) in [5, 5.41) is 17.0. The predicted octanol–water partition coefficient (Wildman–Crippen LogP) is 3.85. The van der Waals surface area contributed by atoms with Crippen molar-refractivity contribution in [2.75, 3.05) is 6.61 Å². The van der Waals surface area contributed by atoms with Crippen molar-refractivity contribution in [3.63, 3.8) is 0 Å². The van der Waals surface area contributed by atoms with Crippen LogP contribution in [0, 0.1) is 5.92 Å². The number of rotatable bonds is 8. The second-order valence-corrected chi connectivity index (χ2v) is 7.75. The van der Waals surface area contributed by atoms with Gasteiger partial charge in [0, 0.05) is 23.6 Å².